The van der Waals surface area contributed by atoms with Crippen molar-refractivity contribution >= 4 is 17.5 Å². The number of hydrogen-bond donors (Lipinski definition) is 1. The summed E-state index contributed by atoms with van der Waals surface area (Å²) in [4.78, 5) is 27.5. The van der Waals surface area contributed by atoms with Crippen LogP contribution < -0.4 is 5.73 Å². The van der Waals surface area contributed by atoms with Crippen LogP contribution in [0.3, 0.4) is 0 Å². The van der Waals surface area contributed by atoms with Gasteiger partial charge in [-0.25, -0.2) is 4.39 Å². The maximum Gasteiger partial charge on any atom is 0.256 e. The van der Waals surface area contributed by atoms with Crippen LogP contribution in [0.2, 0.25) is 0 Å². The highest BCUT2D eigenvalue weighted by Crippen LogP contribution is 2.25. The second-order valence-electron chi connectivity index (χ2n) is 5.23. The Labute approximate surface area is 116 Å². The average molecular weight is 277 g/mol. The van der Waals surface area contributed by atoms with Gasteiger partial charge in [0.1, 0.15) is 5.82 Å². The highest BCUT2D eigenvalue weighted by atomic mass is 19.1. The molecule has 0 spiro atoms. The Balaban J connectivity index is 1.79. The molecule has 5 nitrogen and oxygen atoms in total. The molecule has 1 aromatic rings. The maximum absolute atomic E-state index is 13.4. The lowest BCUT2D eigenvalue weighted by Gasteiger charge is -2.37. The van der Waals surface area contributed by atoms with Crippen LogP contribution in [0.5, 0.6) is 0 Å². The van der Waals surface area contributed by atoms with Gasteiger partial charge in [0.05, 0.1) is 11.3 Å². The molecule has 2 N–H and O–H groups in total. The number of nitrogens with zero attached hydrogens (tertiary/aromatic N) is 2. The number of piperazine rings is 1. The number of carbonyl (C=O) groups is 2. The van der Waals surface area contributed by atoms with E-state index in [1.165, 1.54) is 18.2 Å². The summed E-state index contributed by atoms with van der Waals surface area (Å²) in [7, 11) is 0. The molecule has 0 bridgehead atoms. The lowest BCUT2D eigenvalue weighted by atomic mass is 10.1. The number of benzene rings is 1. The van der Waals surface area contributed by atoms with Crippen LogP contribution >= 0.6 is 0 Å². The molecule has 1 atom stereocenters. The number of para-hydroxylation sites is 1. The molecule has 0 aliphatic carbocycles. The summed E-state index contributed by atoms with van der Waals surface area (Å²) in [5.74, 6) is -0.682. The van der Waals surface area contributed by atoms with Gasteiger partial charge in [-0.3, -0.25) is 9.59 Å². The van der Waals surface area contributed by atoms with Gasteiger partial charge in [-0.2, -0.15) is 0 Å². The first-order valence-corrected chi connectivity index (χ1v) is 6.70. The number of halogens is 1. The Morgan fingerprint density at radius 1 is 1.35 bits per heavy atom. The van der Waals surface area contributed by atoms with Gasteiger partial charge < -0.3 is 15.5 Å². The van der Waals surface area contributed by atoms with E-state index in [1.54, 1.807) is 4.90 Å². The molecule has 20 heavy (non-hydrogen) atoms. The van der Waals surface area contributed by atoms with Crippen molar-refractivity contribution in [1.29, 1.82) is 0 Å². The number of anilines is 1. The first-order valence-electron chi connectivity index (χ1n) is 6.70. The van der Waals surface area contributed by atoms with Gasteiger partial charge >= 0.3 is 0 Å². The SMILES string of the molecule is Nc1c(F)cccc1C(=O)N1CCN2C(=O)CCC2C1. The van der Waals surface area contributed by atoms with Gasteiger partial charge in [-0.15, -0.1) is 0 Å². The quantitative estimate of drug-likeness (QED) is 0.774. The maximum atomic E-state index is 13.4. The van der Waals surface area contributed by atoms with Crippen LogP contribution in [0.1, 0.15) is 23.2 Å². The van der Waals surface area contributed by atoms with Gasteiger partial charge in [0.25, 0.3) is 5.91 Å². The molecule has 106 valence electrons. The van der Waals surface area contributed by atoms with Gasteiger partial charge in [-0.1, -0.05) is 6.07 Å². The minimum absolute atomic E-state index is 0.0926. The van der Waals surface area contributed by atoms with Crippen molar-refractivity contribution in [3.8, 4) is 0 Å². The largest absolute Gasteiger partial charge is 0.396 e. The fraction of sp³-hybridized carbons (Fsp3) is 0.429. The molecule has 2 amide bonds. The third kappa shape index (κ3) is 2.01. The summed E-state index contributed by atoms with van der Waals surface area (Å²) in [5, 5.41) is 0. The Morgan fingerprint density at radius 3 is 2.95 bits per heavy atom. The van der Waals surface area contributed by atoms with E-state index in [0.29, 0.717) is 26.1 Å². The number of nitrogen functional groups attached to an aromatic ring is 1. The number of rotatable bonds is 1. The third-order valence-electron chi connectivity index (χ3n) is 4.07. The Bertz CT molecular complexity index is 576. The van der Waals surface area contributed by atoms with Crippen molar-refractivity contribution in [1.82, 2.24) is 9.80 Å². The highest BCUT2D eigenvalue weighted by molar-refractivity contribution is 5.99. The molecule has 2 heterocycles. The zero-order valence-corrected chi connectivity index (χ0v) is 11.0. The third-order valence-corrected chi connectivity index (χ3v) is 4.07. The summed E-state index contributed by atoms with van der Waals surface area (Å²) in [6.07, 6.45) is 1.33. The van der Waals surface area contributed by atoms with E-state index in [9.17, 15) is 14.0 Å². The molecule has 2 aliphatic rings. The standard InChI is InChI=1S/C14H16FN3O2/c15-11-3-1-2-10(13(11)16)14(20)17-6-7-18-9(8-17)4-5-12(18)19/h1-3,9H,4-8,16H2. The number of amides is 2. The number of hydrogen-bond acceptors (Lipinski definition) is 3. The molecule has 2 saturated heterocycles. The van der Waals surface area contributed by atoms with E-state index in [-0.39, 0.29) is 29.1 Å². The summed E-state index contributed by atoms with van der Waals surface area (Å²) in [6, 6.07) is 4.34. The van der Waals surface area contributed by atoms with E-state index < -0.39 is 5.82 Å². The Hall–Kier alpha value is -2.11. The fourth-order valence-electron chi connectivity index (χ4n) is 2.94. The topological polar surface area (TPSA) is 66.6 Å². The van der Waals surface area contributed by atoms with Gasteiger partial charge in [-0.05, 0) is 18.6 Å². The second-order valence-corrected chi connectivity index (χ2v) is 5.23. The summed E-state index contributed by atoms with van der Waals surface area (Å²) >= 11 is 0. The molecule has 0 saturated carbocycles. The normalized spacial score (nSPS) is 22.1. The van der Waals surface area contributed by atoms with Crippen LogP contribution in [-0.4, -0.2) is 47.3 Å². The Morgan fingerprint density at radius 2 is 2.15 bits per heavy atom. The predicted molar refractivity (Wildman–Crippen MR) is 71.5 cm³/mol. The first-order chi connectivity index (χ1) is 9.58. The molecule has 3 rings (SSSR count). The van der Waals surface area contributed by atoms with Crippen LogP contribution in [0, 0.1) is 5.82 Å². The fourth-order valence-corrected chi connectivity index (χ4v) is 2.94. The van der Waals surface area contributed by atoms with Gasteiger partial charge in [0.2, 0.25) is 5.91 Å². The second kappa shape index (κ2) is 4.77. The molecule has 6 heteroatoms. The Kier molecular flexibility index (Phi) is 3.08. The van der Waals surface area contributed by atoms with E-state index in [0.717, 1.165) is 6.42 Å². The molecular formula is C14H16FN3O2. The van der Waals surface area contributed by atoms with Gasteiger partial charge in [0, 0.05) is 32.1 Å². The molecule has 0 radical (unpaired) electrons. The van der Waals surface area contributed by atoms with E-state index in [1.807, 2.05) is 4.90 Å². The van der Waals surface area contributed by atoms with E-state index >= 15 is 0 Å². The molecule has 1 unspecified atom stereocenters. The molecular weight excluding hydrogens is 261 g/mol. The number of nitrogens with two attached hydrogens (primary N) is 1. The predicted octanol–water partition coefficient (Wildman–Crippen LogP) is 0.855. The van der Waals surface area contributed by atoms with Crippen molar-refractivity contribution in [2.24, 2.45) is 0 Å². The molecule has 1 aromatic carbocycles. The summed E-state index contributed by atoms with van der Waals surface area (Å²) in [6.45, 7) is 1.52. The van der Waals surface area contributed by atoms with Crippen molar-refractivity contribution in [3.63, 3.8) is 0 Å². The lowest BCUT2D eigenvalue weighted by molar-refractivity contribution is -0.130. The van der Waals surface area contributed by atoms with Crippen molar-refractivity contribution in [3.05, 3.63) is 29.6 Å². The minimum Gasteiger partial charge on any atom is -0.396 e. The molecule has 0 aromatic heterocycles. The zero-order valence-electron chi connectivity index (χ0n) is 11.0. The monoisotopic (exact) mass is 277 g/mol. The zero-order chi connectivity index (χ0) is 14.3. The summed E-state index contributed by atoms with van der Waals surface area (Å²) < 4.78 is 13.4. The van der Waals surface area contributed by atoms with Crippen LogP contribution in [0.25, 0.3) is 0 Å². The van der Waals surface area contributed by atoms with Crippen LogP contribution in [0.4, 0.5) is 10.1 Å². The van der Waals surface area contributed by atoms with Crippen molar-refractivity contribution in [2.45, 2.75) is 18.9 Å². The van der Waals surface area contributed by atoms with Crippen LogP contribution in [-0.2, 0) is 4.79 Å². The number of fused-ring (bicyclic) bond motifs is 1. The minimum atomic E-state index is -0.578. The first kappa shape index (κ1) is 12.9. The number of carbonyl (C=O) groups excluding carboxylic acids is 2. The molecule has 2 aliphatic heterocycles. The highest BCUT2D eigenvalue weighted by Gasteiger charge is 2.37. The molecule has 2 fully saturated rings. The summed E-state index contributed by atoms with van der Waals surface area (Å²) in [5.41, 5.74) is 5.72. The van der Waals surface area contributed by atoms with Gasteiger partial charge in [0.15, 0.2) is 0 Å². The van der Waals surface area contributed by atoms with E-state index in [4.69, 9.17) is 5.73 Å². The average Bonchev–Trinajstić information content (AvgIpc) is 2.82. The van der Waals surface area contributed by atoms with Crippen LogP contribution in [0.15, 0.2) is 18.2 Å². The smallest absolute Gasteiger partial charge is 0.256 e. The van der Waals surface area contributed by atoms with Crippen molar-refractivity contribution < 1.29 is 14.0 Å². The van der Waals surface area contributed by atoms with E-state index in [2.05, 4.69) is 0 Å². The lowest BCUT2D eigenvalue weighted by Crippen LogP contribution is -2.53. The van der Waals surface area contributed by atoms with Crippen molar-refractivity contribution in [2.75, 3.05) is 25.4 Å².